The summed E-state index contributed by atoms with van der Waals surface area (Å²) >= 11 is 6.85. The van der Waals surface area contributed by atoms with Gasteiger partial charge in [-0.15, -0.1) is 0 Å². The molecule has 3 nitrogen and oxygen atoms in total. The van der Waals surface area contributed by atoms with Crippen molar-refractivity contribution in [2.75, 3.05) is 0 Å². The van der Waals surface area contributed by atoms with E-state index in [2.05, 4.69) is 62.6 Å². The van der Waals surface area contributed by atoms with Crippen LogP contribution in [0.2, 0.25) is 0 Å². The Hall–Kier alpha value is -0.940. The Labute approximate surface area is 136 Å². The normalized spacial score (nSPS) is 11.4. The molecule has 2 rings (SSSR count). The molecule has 0 atom stereocenters. The fraction of sp³-hybridized carbons (Fsp3) is 0.333. The highest BCUT2D eigenvalue weighted by Crippen LogP contribution is 2.24. The predicted molar refractivity (Wildman–Crippen MR) is 86.9 cm³/mol. The van der Waals surface area contributed by atoms with Gasteiger partial charge in [0.15, 0.2) is 0 Å². The molecule has 0 spiro atoms. The molecule has 2 aromatic rings. The molecule has 0 saturated carbocycles. The third-order valence-corrected chi connectivity index (χ3v) is 3.52. The minimum absolute atomic E-state index is 0.113. The predicted octanol–water partition coefficient (Wildman–Crippen LogP) is 4.88. The molecule has 106 valence electrons. The van der Waals surface area contributed by atoms with Gasteiger partial charge in [0.05, 0.1) is 0 Å². The first-order chi connectivity index (χ1) is 9.34. The van der Waals surface area contributed by atoms with Gasteiger partial charge in [-0.2, -0.15) is 4.98 Å². The van der Waals surface area contributed by atoms with Crippen molar-refractivity contribution in [3.05, 3.63) is 50.8 Å². The van der Waals surface area contributed by atoms with Gasteiger partial charge in [-0.3, -0.25) is 0 Å². The van der Waals surface area contributed by atoms with Crippen LogP contribution in [-0.4, -0.2) is 9.97 Å². The van der Waals surface area contributed by atoms with Crippen LogP contribution >= 0.6 is 31.9 Å². The van der Waals surface area contributed by atoms with Gasteiger partial charge in [-0.25, -0.2) is 4.98 Å². The van der Waals surface area contributed by atoms with Crippen LogP contribution in [0, 0.1) is 0 Å². The lowest BCUT2D eigenvalue weighted by Gasteiger charge is -2.17. The highest BCUT2D eigenvalue weighted by molar-refractivity contribution is 9.10. The maximum atomic E-state index is 5.76. The number of hydrogen-bond donors (Lipinski definition) is 0. The van der Waals surface area contributed by atoms with E-state index in [-0.39, 0.29) is 5.41 Å². The minimum Gasteiger partial charge on any atom is -0.473 e. The van der Waals surface area contributed by atoms with Crippen LogP contribution in [0.5, 0.6) is 5.88 Å². The number of ether oxygens (including phenoxy) is 1. The lowest BCUT2D eigenvalue weighted by atomic mass is 9.96. The summed E-state index contributed by atoms with van der Waals surface area (Å²) in [4.78, 5) is 8.86. The molecule has 0 radical (unpaired) electrons. The molecule has 0 aliphatic heterocycles. The highest BCUT2D eigenvalue weighted by Gasteiger charge is 2.19. The summed E-state index contributed by atoms with van der Waals surface area (Å²) in [7, 11) is 0. The number of benzene rings is 1. The van der Waals surface area contributed by atoms with Gasteiger partial charge < -0.3 is 4.74 Å². The minimum atomic E-state index is -0.113. The Kier molecular flexibility index (Phi) is 4.81. The molecule has 0 bridgehead atoms. The van der Waals surface area contributed by atoms with Gasteiger partial charge in [-0.1, -0.05) is 48.8 Å². The highest BCUT2D eigenvalue weighted by atomic mass is 79.9. The van der Waals surface area contributed by atoms with Crippen LogP contribution in [0.4, 0.5) is 0 Å². The first-order valence-electron chi connectivity index (χ1n) is 6.27. The Balaban J connectivity index is 2.16. The molecule has 0 fully saturated rings. The van der Waals surface area contributed by atoms with Gasteiger partial charge in [0.2, 0.25) is 5.88 Å². The fourth-order valence-corrected chi connectivity index (χ4v) is 2.40. The Morgan fingerprint density at radius 1 is 1.10 bits per heavy atom. The van der Waals surface area contributed by atoms with E-state index in [4.69, 9.17) is 4.74 Å². The van der Waals surface area contributed by atoms with Gasteiger partial charge in [0.1, 0.15) is 17.0 Å². The Morgan fingerprint density at radius 2 is 1.85 bits per heavy atom. The monoisotopic (exact) mass is 398 g/mol. The Morgan fingerprint density at radius 3 is 2.50 bits per heavy atom. The third kappa shape index (κ3) is 4.28. The summed E-state index contributed by atoms with van der Waals surface area (Å²) < 4.78 is 7.54. The standard InChI is InChI=1S/C15H16Br2N2O/c1-15(2,3)14-18-12(17)8-13(19-14)20-9-10-5-4-6-11(16)7-10/h4-8H,9H2,1-3H3. The molecule has 0 unspecified atom stereocenters. The van der Waals surface area contributed by atoms with E-state index in [1.807, 2.05) is 24.3 Å². The summed E-state index contributed by atoms with van der Waals surface area (Å²) in [6, 6.07) is 9.81. The molecule has 0 aliphatic carbocycles. The van der Waals surface area contributed by atoms with Crippen LogP contribution in [-0.2, 0) is 12.0 Å². The molecular formula is C15H16Br2N2O. The van der Waals surface area contributed by atoms with Crippen LogP contribution in [0.25, 0.3) is 0 Å². The third-order valence-electron chi connectivity index (χ3n) is 2.62. The van der Waals surface area contributed by atoms with Crippen molar-refractivity contribution in [1.82, 2.24) is 9.97 Å². The number of aromatic nitrogens is 2. The second-order valence-corrected chi connectivity index (χ2v) is 7.25. The van der Waals surface area contributed by atoms with Crippen molar-refractivity contribution in [1.29, 1.82) is 0 Å². The van der Waals surface area contributed by atoms with Crippen LogP contribution in [0.1, 0.15) is 32.2 Å². The molecule has 1 aromatic heterocycles. The maximum absolute atomic E-state index is 5.76. The lowest BCUT2D eigenvalue weighted by Crippen LogP contribution is -2.16. The first-order valence-corrected chi connectivity index (χ1v) is 7.85. The summed E-state index contributed by atoms with van der Waals surface area (Å²) in [5.41, 5.74) is 0.976. The smallest absolute Gasteiger partial charge is 0.218 e. The fourth-order valence-electron chi connectivity index (χ4n) is 1.59. The SMILES string of the molecule is CC(C)(C)c1nc(Br)cc(OCc2cccc(Br)c2)n1. The van der Waals surface area contributed by atoms with Gasteiger partial charge in [0.25, 0.3) is 0 Å². The molecule has 0 saturated heterocycles. The zero-order valence-electron chi connectivity index (χ0n) is 11.7. The number of hydrogen-bond acceptors (Lipinski definition) is 3. The number of halogens is 2. The second-order valence-electron chi connectivity index (χ2n) is 5.52. The first kappa shape index (κ1) is 15.4. The van der Waals surface area contributed by atoms with E-state index in [1.54, 1.807) is 6.07 Å². The van der Waals surface area contributed by atoms with E-state index in [1.165, 1.54) is 0 Å². The summed E-state index contributed by atoms with van der Waals surface area (Å²) in [5, 5.41) is 0. The van der Waals surface area contributed by atoms with Crippen LogP contribution in [0.3, 0.4) is 0 Å². The van der Waals surface area contributed by atoms with Gasteiger partial charge >= 0.3 is 0 Å². The average Bonchev–Trinajstić information content (AvgIpc) is 2.35. The van der Waals surface area contributed by atoms with Gasteiger partial charge in [0, 0.05) is 16.0 Å². The topological polar surface area (TPSA) is 35.0 Å². The van der Waals surface area contributed by atoms with Gasteiger partial charge in [-0.05, 0) is 33.6 Å². The van der Waals surface area contributed by atoms with Crippen LogP contribution < -0.4 is 4.74 Å². The van der Waals surface area contributed by atoms with E-state index in [0.717, 1.165) is 20.5 Å². The Bertz CT molecular complexity index is 609. The van der Waals surface area contributed by atoms with E-state index < -0.39 is 0 Å². The molecule has 0 aliphatic rings. The van der Waals surface area contributed by atoms with E-state index in [0.29, 0.717) is 12.5 Å². The molecule has 0 amide bonds. The lowest BCUT2D eigenvalue weighted by molar-refractivity contribution is 0.289. The molecule has 1 aromatic carbocycles. The zero-order chi connectivity index (χ0) is 14.8. The average molecular weight is 400 g/mol. The second kappa shape index (κ2) is 6.22. The van der Waals surface area contributed by atoms with E-state index in [9.17, 15) is 0 Å². The van der Waals surface area contributed by atoms with Crippen molar-refractivity contribution in [2.45, 2.75) is 32.8 Å². The zero-order valence-corrected chi connectivity index (χ0v) is 14.8. The van der Waals surface area contributed by atoms with Crippen molar-refractivity contribution in [3.8, 4) is 5.88 Å². The summed E-state index contributed by atoms with van der Waals surface area (Å²) in [6.07, 6.45) is 0. The summed E-state index contributed by atoms with van der Waals surface area (Å²) in [5.74, 6) is 1.34. The van der Waals surface area contributed by atoms with Crippen molar-refractivity contribution in [2.24, 2.45) is 0 Å². The van der Waals surface area contributed by atoms with Crippen molar-refractivity contribution >= 4 is 31.9 Å². The largest absolute Gasteiger partial charge is 0.473 e. The molecule has 1 heterocycles. The van der Waals surface area contributed by atoms with Crippen molar-refractivity contribution < 1.29 is 4.74 Å². The summed E-state index contributed by atoms with van der Waals surface area (Å²) in [6.45, 7) is 6.71. The molecule has 5 heteroatoms. The maximum Gasteiger partial charge on any atom is 0.218 e. The molecular weight excluding hydrogens is 384 g/mol. The van der Waals surface area contributed by atoms with Crippen molar-refractivity contribution in [3.63, 3.8) is 0 Å². The number of rotatable bonds is 3. The number of nitrogens with zero attached hydrogens (tertiary/aromatic N) is 2. The quantitative estimate of drug-likeness (QED) is 0.690. The molecule has 20 heavy (non-hydrogen) atoms. The van der Waals surface area contributed by atoms with Crippen LogP contribution in [0.15, 0.2) is 39.4 Å². The molecule has 0 N–H and O–H groups in total. The van der Waals surface area contributed by atoms with E-state index >= 15 is 0 Å².